The molecule has 1 aromatic heterocycles. The van der Waals surface area contributed by atoms with Crippen LogP contribution >= 0.6 is 0 Å². The number of carbonyl (C=O) groups is 1. The summed E-state index contributed by atoms with van der Waals surface area (Å²) in [6.07, 6.45) is 7.07. The lowest BCUT2D eigenvalue weighted by atomic mass is 10.0. The Labute approximate surface area is 167 Å². The predicted molar refractivity (Wildman–Crippen MR) is 116 cm³/mol. The van der Waals surface area contributed by atoms with Gasteiger partial charge in [-0.1, -0.05) is 74.7 Å². The Morgan fingerprint density at radius 2 is 1.79 bits per heavy atom. The second-order valence-corrected chi connectivity index (χ2v) is 7.48. The predicted octanol–water partition coefficient (Wildman–Crippen LogP) is 4.65. The summed E-state index contributed by atoms with van der Waals surface area (Å²) in [6.45, 7) is 3.58. The van der Waals surface area contributed by atoms with E-state index in [1.165, 1.54) is 12.8 Å². The number of carbonyl (C=O) groups excluding carboxylic acids is 1. The molecule has 0 aliphatic rings. The number of aromatic amines is 1. The third-order valence-electron chi connectivity index (χ3n) is 5.24. The normalized spacial score (nSPS) is 12.2. The van der Waals surface area contributed by atoms with Crippen LogP contribution in [-0.2, 0) is 17.8 Å². The number of aromatic nitrogens is 1. The van der Waals surface area contributed by atoms with Gasteiger partial charge in [0, 0.05) is 30.2 Å². The van der Waals surface area contributed by atoms with Crippen molar-refractivity contribution >= 4 is 16.8 Å². The summed E-state index contributed by atoms with van der Waals surface area (Å²) in [5.41, 5.74) is 9.70. The van der Waals surface area contributed by atoms with Crippen molar-refractivity contribution in [2.75, 3.05) is 6.54 Å². The van der Waals surface area contributed by atoms with Crippen molar-refractivity contribution in [3.05, 3.63) is 71.9 Å². The molecule has 0 aliphatic carbocycles. The molecule has 148 valence electrons. The first kappa shape index (κ1) is 20.2. The van der Waals surface area contributed by atoms with Gasteiger partial charge in [-0.2, -0.15) is 0 Å². The van der Waals surface area contributed by atoms with Gasteiger partial charge in [0.05, 0.1) is 6.04 Å². The lowest BCUT2D eigenvalue weighted by Gasteiger charge is -2.26. The van der Waals surface area contributed by atoms with E-state index in [9.17, 15) is 4.79 Å². The summed E-state index contributed by atoms with van der Waals surface area (Å²) in [6, 6.07) is 17.8. The molecular formula is C24H31N3O. The fraction of sp³-hybridized carbons (Fsp3) is 0.375. The molecule has 1 heterocycles. The molecule has 4 heteroatoms. The maximum Gasteiger partial charge on any atom is 0.240 e. The van der Waals surface area contributed by atoms with Crippen molar-refractivity contribution in [1.29, 1.82) is 0 Å². The van der Waals surface area contributed by atoms with E-state index in [1.807, 2.05) is 47.5 Å². The molecule has 0 fully saturated rings. The molecule has 4 nitrogen and oxygen atoms in total. The fourth-order valence-corrected chi connectivity index (χ4v) is 3.66. The number of nitrogens with one attached hydrogen (secondary N) is 1. The van der Waals surface area contributed by atoms with Gasteiger partial charge in [-0.15, -0.1) is 0 Å². The molecule has 3 N–H and O–H groups in total. The molecule has 0 saturated heterocycles. The molecule has 0 unspecified atom stereocenters. The zero-order valence-corrected chi connectivity index (χ0v) is 16.7. The number of fused-ring (bicyclic) bond motifs is 1. The standard InChI is InChI=1S/C24H31N3O/c1-2-3-4-10-15-27(18-19-11-6-5-7-12-19)24(28)22(25)16-20-17-26-23-14-9-8-13-21(20)23/h5-9,11-14,17,22,26H,2-4,10,15-16,18,25H2,1H3/t22-/m0/s1. The van der Waals surface area contributed by atoms with E-state index in [0.29, 0.717) is 13.0 Å². The van der Waals surface area contributed by atoms with E-state index in [-0.39, 0.29) is 5.91 Å². The van der Waals surface area contributed by atoms with Crippen LogP contribution in [0, 0.1) is 0 Å². The Morgan fingerprint density at radius 1 is 1.04 bits per heavy atom. The molecule has 0 saturated carbocycles. The summed E-state index contributed by atoms with van der Waals surface area (Å²) in [7, 11) is 0. The van der Waals surface area contributed by atoms with Gasteiger partial charge in [-0.25, -0.2) is 0 Å². The molecule has 3 aromatic rings. The van der Waals surface area contributed by atoms with Gasteiger partial charge in [0.1, 0.15) is 0 Å². The smallest absolute Gasteiger partial charge is 0.240 e. The molecule has 1 atom stereocenters. The Morgan fingerprint density at radius 3 is 2.57 bits per heavy atom. The summed E-state index contributed by atoms with van der Waals surface area (Å²) in [4.78, 5) is 18.4. The Kier molecular flexibility index (Phi) is 7.26. The highest BCUT2D eigenvalue weighted by atomic mass is 16.2. The van der Waals surface area contributed by atoms with E-state index in [2.05, 4.69) is 30.1 Å². The number of hydrogen-bond donors (Lipinski definition) is 2. The fourth-order valence-electron chi connectivity index (χ4n) is 3.66. The number of unbranched alkanes of at least 4 members (excludes halogenated alkanes) is 3. The SMILES string of the molecule is CCCCCCN(Cc1ccccc1)C(=O)[C@@H](N)Cc1c[nH]c2ccccc12. The average Bonchev–Trinajstić information content (AvgIpc) is 3.13. The van der Waals surface area contributed by atoms with Crippen LogP contribution in [0.4, 0.5) is 0 Å². The summed E-state index contributed by atoms with van der Waals surface area (Å²) in [5.74, 6) is 0.0330. The minimum Gasteiger partial charge on any atom is -0.361 e. The second-order valence-electron chi connectivity index (χ2n) is 7.48. The van der Waals surface area contributed by atoms with E-state index in [4.69, 9.17) is 5.73 Å². The van der Waals surface area contributed by atoms with Crippen LogP contribution in [0.15, 0.2) is 60.8 Å². The number of nitrogens with zero attached hydrogens (tertiary/aromatic N) is 1. The van der Waals surface area contributed by atoms with E-state index in [0.717, 1.165) is 41.4 Å². The van der Waals surface area contributed by atoms with Crippen molar-refractivity contribution in [2.45, 2.75) is 51.6 Å². The van der Waals surface area contributed by atoms with Crippen LogP contribution in [-0.4, -0.2) is 28.4 Å². The van der Waals surface area contributed by atoms with Gasteiger partial charge in [-0.3, -0.25) is 4.79 Å². The van der Waals surface area contributed by atoms with Gasteiger partial charge >= 0.3 is 0 Å². The highest BCUT2D eigenvalue weighted by molar-refractivity contribution is 5.86. The zero-order valence-electron chi connectivity index (χ0n) is 16.7. The van der Waals surface area contributed by atoms with Gasteiger partial charge in [0.15, 0.2) is 0 Å². The number of amides is 1. The van der Waals surface area contributed by atoms with E-state index >= 15 is 0 Å². The van der Waals surface area contributed by atoms with Crippen LogP contribution in [0.25, 0.3) is 10.9 Å². The van der Waals surface area contributed by atoms with Crippen LogP contribution < -0.4 is 5.73 Å². The average molecular weight is 378 g/mol. The van der Waals surface area contributed by atoms with Gasteiger partial charge in [0.2, 0.25) is 5.91 Å². The van der Waals surface area contributed by atoms with Crippen molar-refractivity contribution in [1.82, 2.24) is 9.88 Å². The minimum absolute atomic E-state index is 0.0330. The Hall–Kier alpha value is -2.59. The molecule has 0 radical (unpaired) electrons. The maximum atomic E-state index is 13.2. The van der Waals surface area contributed by atoms with Crippen LogP contribution in [0.1, 0.15) is 43.7 Å². The summed E-state index contributed by atoms with van der Waals surface area (Å²) in [5, 5.41) is 1.14. The highest BCUT2D eigenvalue weighted by Crippen LogP contribution is 2.19. The Balaban J connectivity index is 1.69. The van der Waals surface area contributed by atoms with Crippen molar-refractivity contribution < 1.29 is 4.79 Å². The number of nitrogens with two attached hydrogens (primary N) is 1. The molecule has 28 heavy (non-hydrogen) atoms. The van der Waals surface area contributed by atoms with E-state index in [1.54, 1.807) is 0 Å². The quantitative estimate of drug-likeness (QED) is 0.505. The third kappa shape index (κ3) is 5.23. The van der Waals surface area contributed by atoms with Gasteiger partial charge in [-0.05, 0) is 30.0 Å². The van der Waals surface area contributed by atoms with Crippen molar-refractivity contribution in [2.24, 2.45) is 5.73 Å². The van der Waals surface area contributed by atoms with Crippen LogP contribution in [0.3, 0.4) is 0 Å². The maximum absolute atomic E-state index is 13.2. The number of rotatable bonds is 10. The van der Waals surface area contributed by atoms with Crippen molar-refractivity contribution in [3.8, 4) is 0 Å². The molecular weight excluding hydrogens is 346 g/mol. The first-order valence-corrected chi connectivity index (χ1v) is 10.3. The highest BCUT2D eigenvalue weighted by Gasteiger charge is 2.22. The molecule has 0 aliphatic heterocycles. The van der Waals surface area contributed by atoms with Crippen molar-refractivity contribution in [3.63, 3.8) is 0 Å². The van der Waals surface area contributed by atoms with Gasteiger partial charge in [0.25, 0.3) is 0 Å². The second kappa shape index (κ2) is 10.1. The first-order valence-electron chi connectivity index (χ1n) is 10.3. The monoisotopic (exact) mass is 377 g/mol. The van der Waals surface area contributed by atoms with Gasteiger partial charge < -0.3 is 15.6 Å². The Bertz CT molecular complexity index is 872. The topological polar surface area (TPSA) is 62.1 Å². The zero-order chi connectivity index (χ0) is 19.8. The third-order valence-corrected chi connectivity index (χ3v) is 5.24. The number of H-pyrrole nitrogens is 1. The number of para-hydroxylation sites is 1. The first-order chi connectivity index (χ1) is 13.7. The molecule has 0 spiro atoms. The lowest BCUT2D eigenvalue weighted by Crippen LogP contribution is -2.45. The minimum atomic E-state index is -0.533. The molecule has 2 aromatic carbocycles. The van der Waals surface area contributed by atoms with Crippen LogP contribution in [0.5, 0.6) is 0 Å². The largest absolute Gasteiger partial charge is 0.361 e. The molecule has 3 rings (SSSR count). The summed E-state index contributed by atoms with van der Waals surface area (Å²) < 4.78 is 0. The number of hydrogen-bond acceptors (Lipinski definition) is 2. The summed E-state index contributed by atoms with van der Waals surface area (Å²) >= 11 is 0. The van der Waals surface area contributed by atoms with Crippen LogP contribution in [0.2, 0.25) is 0 Å². The molecule has 0 bridgehead atoms. The molecule has 1 amide bonds. The number of benzene rings is 2. The lowest BCUT2D eigenvalue weighted by molar-refractivity contribution is -0.133. The van der Waals surface area contributed by atoms with E-state index < -0.39 is 6.04 Å².